The molecule has 90 valence electrons. The maximum absolute atomic E-state index is 4.58. The van der Waals surface area contributed by atoms with Gasteiger partial charge in [0, 0.05) is 23.7 Å². The lowest BCUT2D eigenvalue weighted by Crippen LogP contribution is -2.26. The molecule has 16 heavy (non-hydrogen) atoms. The monoisotopic (exact) mass is 302 g/mol. The van der Waals surface area contributed by atoms with E-state index in [0.29, 0.717) is 0 Å². The Morgan fingerprint density at radius 2 is 2.00 bits per heavy atom. The molecule has 2 heterocycles. The quantitative estimate of drug-likeness (QED) is 0.792. The van der Waals surface area contributed by atoms with Crippen LogP contribution in [0.25, 0.3) is 0 Å². The molecule has 1 saturated heterocycles. The molecular formula is C12H19BrN2S. The topological polar surface area (TPSA) is 16.1 Å². The van der Waals surface area contributed by atoms with Gasteiger partial charge in [0.05, 0.1) is 10.7 Å². The molecule has 0 aromatic carbocycles. The van der Waals surface area contributed by atoms with Crippen LogP contribution in [0.5, 0.6) is 0 Å². The van der Waals surface area contributed by atoms with Gasteiger partial charge in [-0.15, -0.1) is 11.3 Å². The van der Waals surface area contributed by atoms with Crippen LogP contribution in [0.3, 0.4) is 0 Å². The standard InChI is InChI=1S/C12H19BrN2S/c13-9-11-10-16-12(14-11)5-8-15-6-3-1-2-4-7-15/h10H,1-9H2. The lowest BCUT2D eigenvalue weighted by atomic mass is 10.2. The lowest BCUT2D eigenvalue weighted by Gasteiger charge is -2.18. The second-order valence-electron chi connectivity index (χ2n) is 4.37. The first-order valence-corrected chi connectivity index (χ1v) is 8.10. The Hall–Kier alpha value is 0.0700. The summed E-state index contributed by atoms with van der Waals surface area (Å²) in [5.41, 5.74) is 1.18. The first-order chi connectivity index (χ1) is 7.88. The van der Waals surface area contributed by atoms with Gasteiger partial charge in [0.15, 0.2) is 0 Å². The molecule has 1 aromatic heterocycles. The van der Waals surface area contributed by atoms with Gasteiger partial charge in [-0.05, 0) is 25.9 Å². The number of nitrogens with zero attached hydrogens (tertiary/aromatic N) is 2. The van der Waals surface area contributed by atoms with Gasteiger partial charge in [-0.1, -0.05) is 28.8 Å². The zero-order chi connectivity index (χ0) is 11.2. The van der Waals surface area contributed by atoms with E-state index < -0.39 is 0 Å². The summed E-state index contributed by atoms with van der Waals surface area (Å²) in [5, 5.41) is 4.33. The molecule has 0 N–H and O–H groups in total. The number of alkyl halides is 1. The molecule has 0 bridgehead atoms. The molecule has 1 fully saturated rings. The van der Waals surface area contributed by atoms with Gasteiger partial charge < -0.3 is 4.90 Å². The highest BCUT2D eigenvalue weighted by Crippen LogP contribution is 2.15. The number of likely N-dealkylation sites (tertiary alicyclic amines) is 1. The summed E-state index contributed by atoms with van der Waals surface area (Å²) in [6.45, 7) is 3.77. The Morgan fingerprint density at radius 1 is 1.25 bits per heavy atom. The van der Waals surface area contributed by atoms with Crippen LogP contribution in [-0.4, -0.2) is 29.5 Å². The molecule has 0 spiro atoms. The normalized spacial score (nSPS) is 18.6. The molecule has 1 aliphatic heterocycles. The largest absolute Gasteiger partial charge is 0.303 e. The smallest absolute Gasteiger partial charge is 0.0941 e. The Balaban J connectivity index is 1.77. The number of thiazole rings is 1. The van der Waals surface area contributed by atoms with Crippen molar-refractivity contribution in [3.63, 3.8) is 0 Å². The summed E-state index contributed by atoms with van der Waals surface area (Å²) in [5.74, 6) is 0. The second kappa shape index (κ2) is 6.72. The van der Waals surface area contributed by atoms with Gasteiger partial charge in [0.25, 0.3) is 0 Å². The van der Waals surface area contributed by atoms with Crippen LogP contribution >= 0.6 is 27.3 Å². The maximum Gasteiger partial charge on any atom is 0.0941 e. The summed E-state index contributed by atoms with van der Waals surface area (Å²) in [6.07, 6.45) is 6.72. The fourth-order valence-corrected chi connectivity index (χ4v) is 3.43. The van der Waals surface area contributed by atoms with Crippen LogP contribution < -0.4 is 0 Å². The van der Waals surface area contributed by atoms with Crippen LogP contribution in [0.15, 0.2) is 5.38 Å². The van der Waals surface area contributed by atoms with E-state index in [2.05, 4.69) is 31.2 Å². The molecule has 0 radical (unpaired) electrons. The number of hydrogen-bond acceptors (Lipinski definition) is 3. The minimum Gasteiger partial charge on any atom is -0.303 e. The third kappa shape index (κ3) is 3.82. The molecule has 2 rings (SSSR count). The molecule has 0 amide bonds. The van der Waals surface area contributed by atoms with Crippen molar-refractivity contribution in [3.05, 3.63) is 16.1 Å². The third-order valence-electron chi connectivity index (χ3n) is 3.08. The van der Waals surface area contributed by atoms with E-state index >= 15 is 0 Å². The van der Waals surface area contributed by atoms with Crippen molar-refractivity contribution in [3.8, 4) is 0 Å². The Kier molecular flexibility index (Phi) is 5.26. The second-order valence-corrected chi connectivity index (χ2v) is 5.88. The average molecular weight is 303 g/mol. The zero-order valence-electron chi connectivity index (χ0n) is 9.62. The first kappa shape index (κ1) is 12.5. The van der Waals surface area contributed by atoms with Gasteiger partial charge in [-0.3, -0.25) is 0 Å². The number of hydrogen-bond donors (Lipinski definition) is 0. The van der Waals surface area contributed by atoms with E-state index in [1.807, 2.05) is 0 Å². The van der Waals surface area contributed by atoms with Gasteiger partial charge in [-0.2, -0.15) is 0 Å². The minimum absolute atomic E-state index is 0.882. The van der Waals surface area contributed by atoms with Crippen molar-refractivity contribution < 1.29 is 0 Å². The van der Waals surface area contributed by atoms with Crippen LogP contribution in [-0.2, 0) is 11.8 Å². The Morgan fingerprint density at radius 3 is 2.62 bits per heavy atom. The highest BCUT2D eigenvalue weighted by atomic mass is 79.9. The van der Waals surface area contributed by atoms with E-state index in [1.54, 1.807) is 11.3 Å². The van der Waals surface area contributed by atoms with E-state index in [1.165, 1.54) is 56.0 Å². The predicted octanol–water partition coefficient (Wildman–Crippen LogP) is 3.46. The minimum atomic E-state index is 0.882. The van der Waals surface area contributed by atoms with E-state index in [4.69, 9.17) is 0 Å². The average Bonchev–Trinajstić information content (AvgIpc) is 2.61. The number of aromatic nitrogens is 1. The van der Waals surface area contributed by atoms with Crippen molar-refractivity contribution in [2.24, 2.45) is 0 Å². The van der Waals surface area contributed by atoms with E-state index in [0.717, 1.165) is 11.8 Å². The zero-order valence-corrected chi connectivity index (χ0v) is 12.0. The van der Waals surface area contributed by atoms with E-state index in [-0.39, 0.29) is 0 Å². The maximum atomic E-state index is 4.58. The fraction of sp³-hybridized carbons (Fsp3) is 0.750. The predicted molar refractivity (Wildman–Crippen MR) is 73.4 cm³/mol. The van der Waals surface area contributed by atoms with Crippen molar-refractivity contribution in [2.45, 2.75) is 37.4 Å². The molecule has 0 unspecified atom stereocenters. The molecule has 0 atom stereocenters. The number of halogens is 1. The van der Waals surface area contributed by atoms with Crippen LogP contribution in [0, 0.1) is 0 Å². The molecule has 0 aliphatic carbocycles. The summed E-state index contributed by atoms with van der Waals surface area (Å²) < 4.78 is 0. The highest BCUT2D eigenvalue weighted by Gasteiger charge is 2.09. The Labute approximate surface area is 110 Å². The van der Waals surface area contributed by atoms with Gasteiger partial charge >= 0.3 is 0 Å². The van der Waals surface area contributed by atoms with Crippen molar-refractivity contribution >= 4 is 27.3 Å². The van der Waals surface area contributed by atoms with Crippen molar-refractivity contribution in [1.82, 2.24) is 9.88 Å². The number of rotatable bonds is 4. The van der Waals surface area contributed by atoms with Gasteiger partial charge in [0.1, 0.15) is 0 Å². The summed E-state index contributed by atoms with van der Waals surface area (Å²) in [6, 6.07) is 0. The first-order valence-electron chi connectivity index (χ1n) is 6.10. The molecular weight excluding hydrogens is 284 g/mol. The molecule has 0 saturated carbocycles. The lowest BCUT2D eigenvalue weighted by molar-refractivity contribution is 0.288. The van der Waals surface area contributed by atoms with E-state index in [9.17, 15) is 0 Å². The van der Waals surface area contributed by atoms with Crippen LogP contribution in [0.4, 0.5) is 0 Å². The molecule has 1 aromatic rings. The molecule has 2 nitrogen and oxygen atoms in total. The molecule has 4 heteroatoms. The van der Waals surface area contributed by atoms with Crippen molar-refractivity contribution in [1.29, 1.82) is 0 Å². The van der Waals surface area contributed by atoms with Crippen LogP contribution in [0.2, 0.25) is 0 Å². The third-order valence-corrected chi connectivity index (χ3v) is 4.61. The van der Waals surface area contributed by atoms with Gasteiger partial charge in [-0.25, -0.2) is 4.98 Å². The van der Waals surface area contributed by atoms with Gasteiger partial charge in [0.2, 0.25) is 0 Å². The summed E-state index contributed by atoms with van der Waals surface area (Å²) in [7, 11) is 0. The van der Waals surface area contributed by atoms with Crippen LogP contribution in [0.1, 0.15) is 36.4 Å². The SMILES string of the molecule is BrCc1csc(CCN2CCCCCC2)n1. The molecule has 1 aliphatic rings. The fourth-order valence-electron chi connectivity index (χ4n) is 2.14. The summed E-state index contributed by atoms with van der Waals surface area (Å²) in [4.78, 5) is 7.18. The Bertz CT molecular complexity index is 306. The summed E-state index contributed by atoms with van der Waals surface area (Å²) >= 11 is 5.24. The highest BCUT2D eigenvalue weighted by molar-refractivity contribution is 9.08. The van der Waals surface area contributed by atoms with Crippen molar-refractivity contribution in [2.75, 3.05) is 19.6 Å².